The standard InChI is InChI=1S/C25H29BrN2O4/c1-5-9-23(27-25(30)32-17-20-10-7-6-8-11-20)24(29)28(15-19(3)26)16-21-12-13-22(31-4)14-18(21)2/h5-8,10-14,23H,1,3,9,15-17H2,2,4H3,(H,27,30)/t23-/m1/s1. The highest BCUT2D eigenvalue weighted by Crippen LogP contribution is 2.20. The van der Waals surface area contributed by atoms with Crippen LogP contribution < -0.4 is 10.1 Å². The van der Waals surface area contributed by atoms with Gasteiger partial charge >= 0.3 is 6.09 Å². The fourth-order valence-corrected chi connectivity index (χ4v) is 3.42. The molecule has 0 aromatic heterocycles. The number of carbonyl (C=O) groups excluding carboxylic acids is 2. The van der Waals surface area contributed by atoms with E-state index in [-0.39, 0.29) is 18.9 Å². The Bertz CT molecular complexity index is 946. The molecule has 0 radical (unpaired) electrons. The summed E-state index contributed by atoms with van der Waals surface area (Å²) in [6, 6.07) is 14.2. The first kappa shape index (κ1) is 25.2. The molecule has 6 nitrogen and oxygen atoms in total. The van der Waals surface area contributed by atoms with Gasteiger partial charge in [-0.3, -0.25) is 4.79 Å². The molecular formula is C25H29BrN2O4. The number of hydrogen-bond acceptors (Lipinski definition) is 4. The van der Waals surface area contributed by atoms with Crippen LogP contribution in [0.1, 0.15) is 23.1 Å². The third kappa shape index (κ3) is 7.89. The number of nitrogens with one attached hydrogen (secondary N) is 1. The fraction of sp³-hybridized carbons (Fsp3) is 0.280. The van der Waals surface area contributed by atoms with Crippen LogP contribution in [-0.2, 0) is 22.7 Å². The van der Waals surface area contributed by atoms with E-state index in [1.54, 1.807) is 18.1 Å². The lowest BCUT2D eigenvalue weighted by atomic mass is 10.1. The number of aryl methyl sites for hydroxylation is 1. The van der Waals surface area contributed by atoms with Gasteiger partial charge in [0.25, 0.3) is 0 Å². The highest BCUT2D eigenvalue weighted by molar-refractivity contribution is 9.11. The van der Waals surface area contributed by atoms with E-state index in [9.17, 15) is 9.59 Å². The van der Waals surface area contributed by atoms with E-state index in [4.69, 9.17) is 9.47 Å². The minimum Gasteiger partial charge on any atom is -0.497 e. The third-order valence-corrected chi connectivity index (χ3v) is 5.04. The molecule has 2 aromatic rings. The molecule has 0 fully saturated rings. The van der Waals surface area contributed by atoms with Crippen molar-refractivity contribution in [2.45, 2.75) is 32.5 Å². The molecule has 0 unspecified atom stereocenters. The second kappa shape index (κ2) is 12.7. The topological polar surface area (TPSA) is 67.9 Å². The first-order chi connectivity index (χ1) is 15.3. The van der Waals surface area contributed by atoms with Crippen molar-refractivity contribution in [2.75, 3.05) is 13.7 Å². The molecule has 170 valence electrons. The van der Waals surface area contributed by atoms with Gasteiger partial charge in [-0.05, 0) is 42.2 Å². The number of alkyl carbamates (subject to hydrolysis) is 1. The maximum atomic E-state index is 13.3. The molecule has 1 atom stereocenters. The summed E-state index contributed by atoms with van der Waals surface area (Å²) in [6.45, 7) is 10.3. The van der Waals surface area contributed by atoms with Crippen LogP contribution in [0.4, 0.5) is 4.79 Å². The molecule has 0 aliphatic rings. The summed E-state index contributed by atoms with van der Waals surface area (Å²) in [5.41, 5.74) is 2.83. The summed E-state index contributed by atoms with van der Waals surface area (Å²) < 4.78 is 11.2. The molecule has 2 aromatic carbocycles. The van der Waals surface area contributed by atoms with E-state index in [1.807, 2.05) is 55.5 Å². The van der Waals surface area contributed by atoms with Crippen molar-refractivity contribution in [1.29, 1.82) is 0 Å². The summed E-state index contributed by atoms with van der Waals surface area (Å²) >= 11 is 3.35. The van der Waals surface area contributed by atoms with Gasteiger partial charge in [0.15, 0.2) is 0 Å². The Morgan fingerprint density at radius 3 is 2.53 bits per heavy atom. The number of rotatable bonds is 11. The Labute approximate surface area is 198 Å². The SMILES string of the molecule is C=CC[C@@H](NC(=O)OCc1ccccc1)C(=O)N(CC(=C)Br)Cc1ccc(OC)cc1C. The average Bonchev–Trinajstić information content (AvgIpc) is 2.78. The van der Waals surface area contributed by atoms with E-state index in [2.05, 4.69) is 34.4 Å². The van der Waals surface area contributed by atoms with Crippen LogP contribution in [0.2, 0.25) is 0 Å². The smallest absolute Gasteiger partial charge is 0.408 e. The molecule has 2 amide bonds. The van der Waals surface area contributed by atoms with Gasteiger partial charge in [-0.1, -0.05) is 65.0 Å². The maximum absolute atomic E-state index is 13.3. The van der Waals surface area contributed by atoms with Crippen molar-refractivity contribution in [3.63, 3.8) is 0 Å². The molecule has 0 heterocycles. The van der Waals surface area contributed by atoms with Crippen LogP contribution in [0, 0.1) is 6.92 Å². The Morgan fingerprint density at radius 2 is 1.94 bits per heavy atom. The van der Waals surface area contributed by atoms with Crippen LogP contribution in [0.5, 0.6) is 5.75 Å². The van der Waals surface area contributed by atoms with Crippen molar-refractivity contribution in [3.8, 4) is 5.75 Å². The zero-order chi connectivity index (χ0) is 23.5. The van der Waals surface area contributed by atoms with Crippen LogP contribution in [0.3, 0.4) is 0 Å². The molecule has 0 saturated carbocycles. The Hall–Kier alpha value is -3.06. The lowest BCUT2D eigenvalue weighted by molar-refractivity contribution is -0.133. The number of nitrogens with zero attached hydrogens (tertiary/aromatic N) is 1. The molecule has 0 saturated heterocycles. The molecule has 0 spiro atoms. The van der Waals surface area contributed by atoms with Crippen LogP contribution in [0.25, 0.3) is 0 Å². The summed E-state index contributed by atoms with van der Waals surface area (Å²) in [7, 11) is 1.61. The highest BCUT2D eigenvalue weighted by atomic mass is 79.9. The zero-order valence-corrected chi connectivity index (χ0v) is 20.1. The van der Waals surface area contributed by atoms with E-state index < -0.39 is 12.1 Å². The molecular weight excluding hydrogens is 472 g/mol. The van der Waals surface area contributed by atoms with Gasteiger partial charge < -0.3 is 19.7 Å². The number of methoxy groups -OCH3 is 1. The van der Waals surface area contributed by atoms with Crippen LogP contribution in [0.15, 0.2) is 72.2 Å². The van der Waals surface area contributed by atoms with E-state index in [0.29, 0.717) is 17.6 Å². The van der Waals surface area contributed by atoms with Crippen molar-refractivity contribution in [2.24, 2.45) is 0 Å². The summed E-state index contributed by atoms with van der Waals surface area (Å²) in [4.78, 5) is 27.3. The number of benzene rings is 2. The fourth-order valence-electron chi connectivity index (χ4n) is 3.11. The first-order valence-electron chi connectivity index (χ1n) is 10.2. The van der Waals surface area contributed by atoms with Gasteiger partial charge in [-0.15, -0.1) is 6.58 Å². The van der Waals surface area contributed by atoms with Crippen molar-refractivity contribution in [1.82, 2.24) is 10.2 Å². The van der Waals surface area contributed by atoms with Gasteiger partial charge in [0.1, 0.15) is 18.4 Å². The molecule has 0 aliphatic heterocycles. The predicted molar refractivity (Wildman–Crippen MR) is 130 cm³/mol. The second-order valence-corrected chi connectivity index (χ2v) is 8.41. The van der Waals surface area contributed by atoms with Crippen LogP contribution >= 0.6 is 15.9 Å². The third-order valence-electron chi connectivity index (χ3n) is 4.79. The number of ether oxygens (including phenoxy) is 2. The number of hydrogen-bond donors (Lipinski definition) is 1. The van der Waals surface area contributed by atoms with Gasteiger partial charge in [-0.2, -0.15) is 0 Å². The minimum atomic E-state index is -0.804. The van der Waals surface area contributed by atoms with E-state index in [0.717, 1.165) is 22.4 Å². The van der Waals surface area contributed by atoms with Gasteiger partial charge in [0.05, 0.1) is 13.7 Å². The molecule has 32 heavy (non-hydrogen) atoms. The zero-order valence-electron chi connectivity index (χ0n) is 18.5. The Morgan fingerprint density at radius 1 is 1.22 bits per heavy atom. The first-order valence-corrected chi connectivity index (χ1v) is 11.0. The number of amides is 2. The quantitative estimate of drug-likeness (QED) is 0.435. The maximum Gasteiger partial charge on any atom is 0.408 e. The van der Waals surface area contributed by atoms with Gasteiger partial charge in [0.2, 0.25) is 5.91 Å². The summed E-state index contributed by atoms with van der Waals surface area (Å²) in [6.07, 6.45) is 1.21. The van der Waals surface area contributed by atoms with Crippen molar-refractivity contribution in [3.05, 3.63) is 88.9 Å². The lowest BCUT2D eigenvalue weighted by Crippen LogP contribution is -2.48. The number of carbonyl (C=O) groups is 2. The normalized spacial score (nSPS) is 11.2. The van der Waals surface area contributed by atoms with Crippen molar-refractivity contribution < 1.29 is 19.1 Å². The van der Waals surface area contributed by atoms with Crippen LogP contribution in [-0.4, -0.2) is 36.6 Å². The van der Waals surface area contributed by atoms with Gasteiger partial charge in [-0.25, -0.2) is 4.79 Å². The lowest BCUT2D eigenvalue weighted by Gasteiger charge is -2.28. The second-order valence-electron chi connectivity index (χ2n) is 7.29. The minimum absolute atomic E-state index is 0.120. The van der Waals surface area contributed by atoms with Crippen molar-refractivity contribution >= 4 is 27.9 Å². The number of halogens is 1. The predicted octanol–water partition coefficient (Wildman–Crippen LogP) is 5.11. The Balaban J connectivity index is 2.11. The molecule has 0 bridgehead atoms. The average molecular weight is 501 g/mol. The Kier molecular flexibility index (Phi) is 10.0. The van der Waals surface area contributed by atoms with E-state index >= 15 is 0 Å². The largest absolute Gasteiger partial charge is 0.497 e. The summed E-state index contributed by atoms with van der Waals surface area (Å²) in [5.74, 6) is 0.499. The van der Waals surface area contributed by atoms with Gasteiger partial charge in [0, 0.05) is 11.0 Å². The molecule has 1 N–H and O–H groups in total. The molecule has 7 heteroatoms. The molecule has 0 aliphatic carbocycles. The van der Waals surface area contributed by atoms with E-state index in [1.165, 1.54) is 0 Å². The summed E-state index contributed by atoms with van der Waals surface area (Å²) in [5, 5.41) is 2.67. The highest BCUT2D eigenvalue weighted by Gasteiger charge is 2.26. The monoisotopic (exact) mass is 500 g/mol. The molecule has 2 rings (SSSR count).